The van der Waals surface area contributed by atoms with E-state index in [1.165, 1.54) is 0 Å². The van der Waals surface area contributed by atoms with Crippen LogP contribution in [0.25, 0.3) is 0 Å². The van der Waals surface area contributed by atoms with Crippen molar-refractivity contribution in [3.8, 4) is 0 Å². The van der Waals surface area contributed by atoms with Crippen molar-refractivity contribution in [3.05, 3.63) is 41.7 Å². The van der Waals surface area contributed by atoms with Gasteiger partial charge in [0, 0.05) is 6.42 Å². The first-order chi connectivity index (χ1) is 13.6. The van der Waals surface area contributed by atoms with Crippen LogP contribution in [0.3, 0.4) is 0 Å². The molecule has 2 fully saturated rings. The number of carbonyl (C=O) groups excluding carboxylic acids is 1. The van der Waals surface area contributed by atoms with Crippen molar-refractivity contribution in [1.82, 2.24) is 25.9 Å². The van der Waals surface area contributed by atoms with Crippen LogP contribution in [-0.2, 0) is 22.6 Å². The molecule has 2 N–H and O–H groups in total. The molecule has 28 heavy (non-hydrogen) atoms. The second-order valence-electron chi connectivity index (χ2n) is 8.05. The van der Waals surface area contributed by atoms with Crippen LogP contribution in [0, 0.1) is 11.8 Å². The zero-order chi connectivity index (χ0) is 19.4. The van der Waals surface area contributed by atoms with E-state index in [0.29, 0.717) is 43.8 Å². The number of aryl methyl sites for hydroxylation is 1. The van der Waals surface area contributed by atoms with Gasteiger partial charge in [0.05, 0.1) is 0 Å². The Hall–Kier alpha value is -2.35. The summed E-state index contributed by atoms with van der Waals surface area (Å²) in [6, 6.07) is 9.28. The van der Waals surface area contributed by atoms with Crippen molar-refractivity contribution >= 4 is 5.97 Å². The molecule has 1 saturated heterocycles. The average molecular weight is 387 g/mol. The highest BCUT2D eigenvalue weighted by molar-refractivity contribution is 5.76. The SMILES string of the molecule is O=C(OCc1ccccc1)[C@@H]1C[C@H]2C[C@@](F)(CCc3nnn[nH]3)CC[C@H]2CN1. The third-order valence-corrected chi connectivity index (χ3v) is 6.13. The van der Waals surface area contributed by atoms with Gasteiger partial charge >= 0.3 is 5.97 Å². The molecule has 0 radical (unpaired) electrons. The van der Waals surface area contributed by atoms with Crippen LogP contribution in [0.5, 0.6) is 0 Å². The van der Waals surface area contributed by atoms with Crippen molar-refractivity contribution in [3.63, 3.8) is 0 Å². The maximum Gasteiger partial charge on any atom is 0.323 e. The predicted octanol–water partition coefficient (Wildman–Crippen LogP) is 2.36. The predicted molar refractivity (Wildman–Crippen MR) is 99.8 cm³/mol. The Kier molecular flexibility index (Phi) is 5.66. The zero-order valence-corrected chi connectivity index (χ0v) is 15.8. The number of piperidine rings is 1. The molecular formula is C20H26FN5O2. The monoisotopic (exact) mass is 387 g/mol. The first kappa shape index (κ1) is 19.0. The fraction of sp³-hybridized carbons (Fsp3) is 0.600. The lowest BCUT2D eigenvalue weighted by Gasteiger charge is -2.44. The van der Waals surface area contributed by atoms with E-state index in [4.69, 9.17) is 4.74 Å². The minimum absolute atomic E-state index is 0.196. The molecule has 2 heterocycles. The number of hydrogen-bond acceptors (Lipinski definition) is 6. The van der Waals surface area contributed by atoms with E-state index in [9.17, 15) is 4.79 Å². The molecule has 0 bridgehead atoms. The third kappa shape index (κ3) is 4.55. The second kappa shape index (κ2) is 8.34. The smallest absolute Gasteiger partial charge is 0.323 e. The topological polar surface area (TPSA) is 92.8 Å². The Morgan fingerprint density at radius 2 is 2.14 bits per heavy atom. The molecule has 1 aliphatic heterocycles. The van der Waals surface area contributed by atoms with Crippen LogP contribution >= 0.6 is 0 Å². The average Bonchev–Trinajstić information content (AvgIpc) is 3.25. The lowest BCUT2D eigenvalue weighted by Crippen LogP contribution is -2.52. The van der Waals surface area contributed by atoms with Gasteiger partial charge in [0.15, 0.2) is 0 Å². The molecule has 0 spiro atoms. The number of esters is 1. The van der Waals surface area contributed by atoms with Gasteiger partial charge < -0.3 is 10.1 Å². The number of aromatic amines is 1. The molecular weight excluding hydrogens is 361 g/mol. The molecule has 150 valence electrons. The molecule has 0 unspecified atom stereocenters. The molecule has 1 aromatic carbocycles. The largest absolute Gasteiger partial charge is 0.460 e. The van der Waals surface area contributed by atoms with Crippen LogP contribution in [0.1, 0.15) is 43.5 Å². The van der Waals surface area contributed by atoms with Crippen LogP contribution < -0.4 is 5.32 Å². The number of ether oxygens (including phenoxy) is 1. The van der Waals surface area contributed by atoms with Crippen molar-refractivity contribution < 1.29 is 13.9 Å². The molecule has 8 heteroatoms. The Labute approximate surface area is 163 Å². The highest BCUT2D eigenvalue weighted by Gasteiger charge is 2.44. The number of fused-ring (bicyclic) bond motifs is 1. The number of nitrogens with zero attached hydrogens (tertiary/aromatic N) is 3. The van der Waals surface area contributed by atoms with E-state index in [1.54, 1.807) is 0 Å². The van der Waals surface area contributed by atoms with Crippen molar-refractivity contribution in [2.45, 2.75) is 56.8 Å². The molecule has 2 aliphatic rings. The number of carbonyl (C=O) groups is 1. The summed E-state index contributed by atoms with van der Waals surface area (Å²) in [7, 11) is 0. The quantitative estimate of drug-likeness (QED) is 0.739. The normalized spacial score (nSPS) is 29.8. The van der Waals surface area contributed by atoms with Crippen molar-refractivity contribution in [2.24, 2.45) is 11.8 Å². The fourth-order valence-electron chi connectivity index (χ4n) is 4.51. The Balaban J connectivity index is 1.30. The standard InChI is InChI=1S/C20H26FN5O2/c21-20(9-7-18-23-25-26-24-18)8-6-15-12-22-17(10-16(15)11-20)19(27)28-13-14-4-2-1-3-5-14/h1-5,15-17,22H,6-13H2,(H,23,24,25,26)/t15-,16-,17-,20-/m0/s1. The molecule has 4 rings (SSSR count). The summed E-state index contributed by atoms with van der Waals surface area (Å²) < 4.78 is 20.9. The van der Waals surface area contributed by atoms with Gasteiger partial charge in [-0.15, -0.1) is 5.10 Å². The highest BCUT2D eigenvalue weighted by Crippen LogP contribution is 2.44. The summed E-state index contributed by atoms with van der Waals surface area (Å²) in [6.45, 7) is 1.02. The minimum Gasteiger partial charge on any atom is -0.460 e. The second-order valence-corrected chi connectivity index (χ2v) is 8.05. The first-order valence-corrected chi connectivity index (χ1v) is 9.97. The van der Waals surface area contributed by atoms with Crippen molar-refractivity contribution in [1.29, 1.82) is 0 Å². The number of hydrogen-bond donors (Lipinski definition) is 2. The molecule has 7 nitrogen and oxygen atoms in total. The molecule has 1 aromatic heterocycles. The molecule has 1 aliphatic carbocycles. The number of nitrogens with one attached hydrogen (secondary N) is 2. The van der Waals surface area contributed by atoms with Gasteiger partial charge in [-0.2, -0.15) is 0 Å². The summed E-state index contributed by atoms with van der Waals surface area (Å²) in [4.78, 5) is 12.5. The molecule has 2 aromatic rings. The first-order valence-electron chi connectivity index (χ1n) is 9.97. The van der Waals surface area contributed by atoms with E-state index in [0.717, 1.165) is 18.5 Å². The summed E-state index contributed by atoms with van der Waals surface area (Å²) in [5.74, 6) is 0.994. The van der Waals surface area contributed by atoms with E-state index >= 15 is 4.39 Å². The number of alkyl halides is 1. The van der Waals surface area contributed by atoms with E-state index in [2.05, 4.69) is 25.9 Å². The summed E-state index contributed by atoms with van der Waals surface area (Å²) >= 11 is 0. The third-order valence-electron chi connectivity index (χ3n) is 6.13. The fourth-order valence-corrected chi connectivity index (χ4v) is 4.51. The van der Waals surface area contributed by atoms with Crippen LogP contribution in [-0.4, -0.2) is 44.8 Å². The Morgan fingerprint density at radius 3 is 2.93 bits per heavy atom. The zero-order valence-electron chi connectivity index (χ0n) is 15.8. The number of rotatable bonds is 6. The van der Waals surface area contributed by atoms with Gasteiger partial charge in [0.1, 0.15) is 24.1 Å². The lowest BCUT2D eigenvalue weighted by molar-refractivity contribution is -0.149. The number of tetrazole rings is 1. The number of halogens is 1. The molecule has 0 amide bonds. The van der Waals surface area contributed by atoms with Gasteiger partial charge in [0.25, 0.3) is 0 Å². The maximum absolute atomic E-state index is 15.4. The number of benzene rings is 1. The highest BCUT2D eigenvalue weighted by atomic mass is 19.1. The van der Waals surface area contributed by atoms with Crippen molar-refractivity contribution in [2.75, 3.05) is 6.54 Å². The van der Waals surface area contributed by atoms with Gasteiger partial charge in [-0.25, -0.2) is 9.49 Å². The number of aromatic nitrogens is 4. The minimum atomic E-state index is -1.22. The maximum atomic E-state index is 15.4. The van der Waals surface area contributed by atoms with Crippen LogP contribution in [0.4, 0.5) is 4.39 Å². The van der Waals surface area contributed by atoms with Gasteiger partial charge in [0.2, 0.25) is 0 Å². The van der Waals surface area contributed by atoms with E-state index in [-0.39, 0.29) is 24.5 Å². The van der Waals surface area contributed by atoms with Gasteiger partial charge in [-0.05, 0) is 66.5 Å². The van der Waals surface area contributed by atoms with Gasteiger partial charge in [-0.1, -0.05) is 30.3 Å². The number of H-pyrrole nitrogens is 1. The van der Waals surface area contributed by atoms with Crippen LogP contribution in [0.2, 0.25) is 0 Å². The summed E-state index contributed by atoms with van der Waals surface area (Å²) in [5, 5.41) is 16.9. The molecule has 1 saturated carbocycles. The molecule has 4 atom stereocenters. The Morgan fingerprint density at radius 1 is 1.29 bits per heavy atom. The Bertz CT molecular complexity index is 772. The summed E-state index contributed by atoms with van der Waals surface area (Å²) in [6.07, 6.45) is 3.43. The van der Waals surface area contributed by atoms with E-state index < -0.39 is 5.67 Å². The lowest BCUT2D eigenvalue weighted by atomic mass is 9.67. The van der Waals surface area contributed by atoms with E-state index in [1.807, 2.05) is 30.3 Å². The van der Waals surface area contributed by atoms with Gasteiger partial charge in [-0.3, -0.25) is 4.79 Å². The van der Waals surface area contributed by atoms with Crippen LogP contribution in [0.15, 0.2) is 30.3 Å². The summed E-state index contributed by atoms with van der Waals surface area (Å²) in [5.41, 5.74) is -0.254.